The van der Waals surface area contributed by atoms with Crippen LogP contribution >= 0.6 is 0 Å². The standard InChI is InChI=1S/C45H60N2O11/c1-38-15-11-27(57-19-7-18-56-4)20-31(38)32(49)28-10-9-25-21-43-14-6-13-42(22-29-30(24-48)35(45(54,55)40(43,3)52)58-33(29)36(50)46-42)37(51)47-23-26(47)8-5-12-41(38)17-16-39(43,2)44(25,53)34(28)41/h25-27,29-31,33,35-36,46,48,50,52-55H,7-11,13,15-24H2,1-4H3. The summed E-state index contributed by atoms with van der Waals surface area (Å²) in [6.45, 7) is 6.44. The van der Waals surface area contributed by atoms with E-state index in [9.17, 15) is 35.4 Å². The lowest BCUT2D eigenvalue weighted by atomic mass is 9.36. The van der Waals surface area contributed by atoms with E-state index in [0.29, 0.717) is 75.9 Å². The molecule has 7 N–H and O–H groups in total. The van der Waals surface area contributed by atoms with E-state index in [-0.39, 0.29) is 43.1 Å². The van der Waals surface area contributed by atoms with E-state index >= 15 is 4.79 Å². The number of ether oxygens (including phenoxy) is 3. The predicted molar refractivity (Wildman–Crippen MR) is 206 cm³/mol. The van der Waals surface area contributed by atoms with Gasteiger partial charge in [0, 0.05) is 63.6 Å². The molecule has 6 fully saturated rings. The Balaban J connectivity index is 1.20. The van der Waals surface area contributed by atoms with Gasteiger partial charge in [-0.3, -0.25) is 14.9 Å². The summed E-state index contributed by atoms with van der Waals surface area (Å²) >= 11 is 0. The smallest absolute Gasteiger partial charge is 0.244 e. The highest BCUT2D eigenvalue weighted by Gasteiger charge is 2.84. The molecule has 0 radical (unpaired) electrons. The Morgan fingerprint density at radius 3 is 2.55 bits per heavy atom. The largest absolute Gasteiger partial charge is 0.396 e. The van der Waals surface area contributed by atoms with Gasteiger partial charge in [0.05, 0.1) is 28.6 Å². The quantitative estimate of drug-likeness (QED) is 0.0869. The van der Waals surface area contributed by atoms with E-state index < -0.39 is 92.9 Å². The Labute approximate surface area is 340 Å². The highest BCUT2D eigenvalue weighted by Crippen LogP contribution is 2.80. The first kappa shape index (κ1) is 39.7. The zero-order valence-electron chi connectivity index (χ0n) is 34.2. The van der Waals surface area contributed by atoms with Crippen LogP contribution < -0.4 is 5.32 Å². The molecular weight excluding hydrogens is 744 g/mol. The monoisotopic (exact) mass is 804 g/mol. The highest BCUT2D eigenvalue weighted by molar-refractivity contribution is 6.01. The van der Waals surface area contributed by atoms with Crippen molar-refractivity contribution in [2.75, 3.05) is 33.5 Å². The molecule has 11 aliphatic rings. The van der Waals surface area contributed by atoms with E-state index in [4.69, 9.17) is 14.2 Å². The predicted octanol–water partition coefficient (Wildman–Crippen LogP) is 0.911. The van der Waals surface area contributed by atoms with E-state index in [0.717, 1.165) is 12.8 Å². The van der Waals surface area contributed by atoms with Gasteiger partial charge in [-0.25, -0.2) is 0 Å². The molecule has 6 aliphatic carbocycles. The second kappa shape index (κ2) is 12.6. The minimum Gasteiger partial charge on any atom is -0.396 e. The van der Waals surface area contributed by atoms with Gasteiger partial charge >= 0.3 is 0 Å². The number of amides is 1. The second-order valence-corrected chi connectivity index (χ2v) is 20.5. The molecular formula is C45H60N2O11. The van der Waals surface area contributed by atoms with Crippen molar-refractivity contribution >= 4 is 11.7 Å². The van der Waals surface area contributed by atoms with Crippen LogP contribution in [0.2, 0.25) is 0 Å². The fourth-order valence-electron chi connectivity index (χ4n) is 15.0. The van der Waals surface area contributed by atoms with Gasteiger partial charge in [-0.2, -0.15) is 0 Å². The van der Waals surface area contributed by atoms with Gasteiger partial charge in [-0.15, -0.1) is 11.8 Å². The van der Waals surface area contributed by atoms with Crippen LogP contribution in [0.4, 0.5) is 0 Å². The maximum absolute atomic E-state index is 15.2. The number of rotatable bonds is 6. The highest BCUT2D eigenvalue weighted by atomic mass is 16.6. The second-order valence-electron chi connectivity index (χ2n) is 20.5. The number of methoxy groups -OCH3 is 1. The zero-order valence-corrected chi connectivity index (χ0v) is 34.2. The Morgan fingerprint density at radius 2 is 1.79 bits per heavy atom. The molecule has 3 spiro atoms. The Kier molecular flexibility index (Phi) is 8.63. The summed E-state index contributed by atoms with van der Waals surface area (Å²) in [6.07, 6.45) is 0.654. The van der Waals surface area contributed by atoms with Crippen LogP contribution in [-0.2, 0) is 23.8 Å². The van der Waals surface area contributed by atoms with Crippen molar-refractivity contribution in [2.24, 2.45) is 45.3 Å². The fourth-order valence-corrected chi connectivity index (χ4v) is 15.0. The van der Waals surface area contributed by atoms with Crippen molar-refractivity contribution in [3.05, 3.63) is 11.1 Å². The lowest BCUT2D eigenvalue weighted by molar-refractivity contribution is -0.357. The molecule has 3 saturated heterocycles. The van der Waals surface area contributed by atoms with Crippen LogP contribution in [0, 0.1) is 69.0 Å². The molecule has 16 atom stereocenters. The molecule has 11 rings (SSSR count). The summed E-state index contributed by atoms with van der Waals surface area (Å²) in [5.41, 5.74) is -9.08. The lowest BCUT2D eigenvalue weighted by Gasteiger charge is -2.68. The number of piperidine rings is 1. The maximum Gasteiger partial charge on any atom is 0.244 e. The van der Waals surface area contributed by atoms with Gasteiger partial charge in [0.25, 0.3) is 0 Å². The zero-order chi connectivity index (χ0) is 41.1. The van der Waals surface area contributed by atoms with Crippen molar-refractivity contribution in [1.82, 2.24) is 10.2 Å². The van der Waals surface area contributed by atoms with Crippen molar-refractivity contribution < 1.29 is 54.4 Å². The van der Waals surface area contributed by atoms with Gasteiger partial charge in [-0.1, -0.05) is 25.7 Å². The third-order valence-corrected chi connectivity index (χ3v) is 18.3. The number of allylic oxidation sites excluding steroid dienone is 1. The Morgan fingerprint density at radius 1 is 1.00 bits per heavy atom. The summed E-state index contributed by atoms with van der Waals surface area (Å²) in [5.74, 6) is 8.20. The van der Waals surface area contributed by atoms with E-state index in [2.05, 4.69) is 35.9 Å². The maximum atomic E-state index is 15.2. The lowest BCUT2D eigenvalue weighted by Crippen LogP contribution is -2.74. The Hall–Kier alpha value is -2.40. The molecule has 13 heteroatoms. The van der Waals surface area contributed by atoms with Crippen LogP contribution in [0.3, 0.4) is 0 Å². The normalized spacial score (nSPS) is 52.9. The first-order chi connectivity index (χ1) is 27.4. The number of ketones is 1. The topological polar surface area (TPSA) is 198 Å². The number of hydrogen-bond acceptors (Lipinski definition) is 12. The summed E-state index contributed by atoms with van der Waals surface area (Å²) in [5, 5.41) is 78.3. The Bertz CT molecular complexity index is 1980. The third-order valence-electron chi connectivity index (χ3n) is 18.3. The van der Waals surface area contributed by atoms with Gasteiger partial charge < -0.3 is 49.7 Å². The van der Waals surface area contributed by atoms with Gasteiger partial charge in [0.2, 0.25) is 11.7 Å². The molecule has 13 nitrogen and oxygen atoms in total. The molecule has 3 saturated carbocycles. The minimum atomic E-state index is -3.06. The van der Waals surface area contributed by atoms with Crippen molar-refractivity contribution in [3.63, 3.8) is 0 Å². The van der Waals surface area contributed by atoms with Gasteiger partial charge in [0.15, 0.2) is 5.78 Å². The van der Waals surface area contributed by atoms with Crippen molar-refractivity contribution in [3.8, 4) is 23.7 Å². The molecule has 316 valence electrons. The molecule has 5 heterocycles. The van der Waals surface area contributed by atoms with E-state index in [1.165, 1.54) is 6.92 Å². The number of fused-ring (bicyclic) bond motifs is 4. The number of Topliss-reactive ketones (excluding diaryl/α,β-unsaturated/α-hetero) is 1. The molecule has 0 aromatic heterocycles. The SMILES string of the molecule is COCCCOC1CCC2(C)C(C1)C(=O)C1=C3C24C#CCC2CN2C(=O)C25CC#CC6(CC(CC1)C3(O)C6(C)CC4)C(C)(O)C(O)(O)C1OC(C(O)N2)C(C5)C1CO. The number of hydrogen-bond donors (Lipinski definition) is 7. The molecule has 58 heavy (non-hydrogen) atoms. The van der Waals surface area contributed by atoms with Crippen molar-refractivity contribution in [1.29, 1.82) is 0 Å². The van der Waals surface area contributed by atoms with Gasteiger partial charge in [-0.05, 0) is 99.5 Å². The van der Waals surface area contributed by atoms with Crippen LogP contribution in [0.1, 0.15) is 97.8 Å². The van der Waals surface area contributed by atoms with E-state index in [1.807, 2.05) is 6.92 Å². The number of carbonyl (C=O) groups excluding carboxylic acids is 2. The third kappa shape index (κ3) is 4.55. The van der Waals surface area contributed by atoms with Crippen LogP contribution in [-0.4, -0.2) is 134 Å². The molecule has 5 aliphatic heterocycles. The summed E-state index contributed by atoms with van der Waals surface area (Å²) in [6, 6.07) is -0.194. The number of aliphatic hydroxyl groups excluding tert-OH is 2. The van der Waals surface area contributed by atoms with Gasteiger partial charge in [0.1, 0.15) is 29.6 Å². The average molecular weight is 805 g/mol. The minimum absolute atomic E-state index is 0.0202. The molecule has 0 aromatic carbocycles. The number of aliphatic hydroxyl groups is 6. The molecule has 16 unspecified atom stereocenters. The average Bonchev–Trinajstić information content (AvgIpc) is 3.79. The summed E-state index contributed by atoms with van der Waals surface area (Å²) in [7, 11) is 1.67. The molecule has 7 bridgehead atoms. The molecule has 1 amide bonds. The number of nitrogens with zero attached hydrogens (tertiary/aromatic N) is 1. The number of carbonyl (C=O) groups is 2. The first-order valence-corrected chi connectivity index (χ1v) is 21.8. The van der Waals surface area contributed by atoms with Crippen molar-refractivity contribution in [2.45, 2.75) is 151 Å². The van der Waals surface area contributed by atoms with Crippen LogP contribution in [0.25, 0.3) is 0 Å². The summed E-state index contributed by atoms with van der Waals surface area (Å²) in [4.78, 5) is 31.7. The molecule has 0 aromatic rings. The van der Waals surface area contributed by atoms with Crippen LogP contribution in [0.5, 0.6) is 0 Å². The van der Waals surface area contributed by atoms with Crippen LogP contribution in [0.15, 0.2) is 11.1 Å². The fraction of sp³-hybridized carbons (Fsp3) is 0.822. The number of nitrogens with one attached hydrogen (secondary N) is 1. The first-order valence-electron chi connectivity index (χ1n) is 21.8. The van der Waals surface area contributed by atoms with E-state index in [1.54, 1.807) is 12.0 Å². The summed E-state index contributed by atoms with van der Waals surface area (Å²) < 4.78 is 17.9.